The number of amides is 1. The molecule has 5 nitrogen and oxygen atoms in total. The van der Waals surface area contributed by atoms with Gasteiger partial charge >= 0.3 is 0 Å². The topological polar surface area (TPSA) is 49.6 Å². The first-order valence-electron chi connectivity index (χ1n) is 10.4. The van der Waals surface area contributed by atoms with E-state index in [4.69, 9.17) is 16.1 Å². The average Bonchev–Trinajstić information content (AvgIpc) is 3.01. The summed E-state index contributed by atoms with van der Waals surface area (Å²) < 4.78 is 5.54. The van der Waals surface area contributed by atoms with Crippen LogP contribution in [0.5, 0.6) is 0 Å². The van der Waals surface area contributed by atoms with Crippen LogP contribution in [0.4, 0.5) is 0 Å². The number of hydrogen-bond acceptors (Lipinski definition) is 4. The van der Waals surface area contributed by atoms with E-state index in [9.17, 15) is 4.79 Å². The SMILES string of the molecule is O=C(C1CCN(Cc2cc(-c3ccc(Cl)cc3)no2)CC1)N1CCCCCC1. The number of benzene rings is 1. The molecule has 150 valence electrons. The highest BCUT2D eigenvalue weighted by Gasteiger charge is 2.29. The van der Waals surface area contributed by atoms with Gasteiger partial charge in [0.1, 0.15) is 5.69 Å². The van der Waals surface area contributed by atoms with E-state index in [0.29, 0.717) is 10.9 Å². The van der Waals surface area contributed by atoms with Gasteiger partial charge in [-0.25, -0.2) is 0 Å². The van der Waals surface area contributed by atoms with Gasteiger partial charge in [-0.2, -0.15) is 0 Å². The molecule has 2 aromatic rings. The molecule has 0 N–H and O–H groups in total. The number of nitrogens with zero attached hydrogens (tertiary/aromatic N) is 3. The number of halogens is 1. The highest BCUT2D eigenvalue weighted by Crippen LogP contribution is 2.25. The number of rotatable bonds is 4. The third-order valence-corrected chi connectivity index (χ3v) is 6.18. The van der Waals surface area contributed by atoms with Crippen LogP contribution in [0.2, 0.25) is 5.02 Å². The Morgan fingerprint density at radius 2 is 1.71 bits per heavy atom. The summed E-state index contributed by atoms with van der Waals surface area (Å²) in [6.45, 7) is 4.50. The molecule has 0 unspecified atom stereocenters. The van der Waals surface area contributed by atoms with E-state index < -0.39 is 0 Å². The van der Waals surface area contributed by atoms with Gasteiger partial charge in [0.25, 0.3) is 0 Å². The Balaban J connectivity index is 1.28. The Kier molecular flexibility index (Phi) is 6.33. The highest BCUT2D eigenvalue weighted by atomic mass is 35.5. The summed E-state index contributed by atoms with van der Waals surface area (Å²) in [4.78, 5) is 17.3. The van der Waals surface area contributed by atoms with Gasteiger partial charge in [-0.15, -0.1) is 0 Å². The number of carbonyl (C=O) groups is 1. The fourth-order valence-corrected chi connectivity index (χ4v) is 4.38. The minimum atomic E-state index is 0.189. The van der Waals surface area contributed by atoms with E-state index in [-0.39, 0.29) is 5.92 Å². The Bertz CT molecular complexity index is 773. The first-order chi connectivity index (χ1) is 13.7. The Hall–Kier alpha value is -1.85. The minimum Gasteiger partial charge on any atom is -0.359 e. The van der Waals surface area contributed by atoms with E-state index in [2.05, 4.69) is 15.0 Å². The van der Waals surface area contributed by atoms with Crippen molar-refractivity contribution in [1.29, 1.82) is 0 Å². The number of carbonyl (C=O) groups excluding carboxylic acids is 1. The molecule has 0 saturated carbocycles. The van der Waals surface area contributed by atoms with Crippen LogP contribution in [0.25, 0.3) is 11.3 Å². The molecule has 2 fully saturated rings. The lowest BCUT2D eigenvalue weighted by molar-refractivity contribution is -0.137. The summed E-state index contributed by atoms with van der Waals surface area (Å²) >= 11 is 5.95. The molecule has 0 atom stereocenters. The number of likely N-dealkylation sites (tertiary alicyclic amines) is 2. The van der Waals surface area contributed by atoms with Crippen molar-refractivity contribution in [3.8, 4) is 11.3 Å². The Labute approximate surface area is 171 Å². The van der Waals surface area contributed by atoms with Crippen molar-refractivity contribution in [2.24, 2.45) is 5.92 Å². The van der Waals surface area contributed by atoms with Gasteiger partial charge in [-0.1, -0.05) is 41.7 Å². The summed E-state index contributed by atoms with van der Waals surface area (Å²) in [6.07, 6.45) is 6.72. The highest BCUT2D eigenvalue weighted by molar-refractivity contribution is 6.30. The predicted molar refractivity (Wildman–Crippen MR) is 110 cm³/mol. The maximum absolute atomic E-state index is 12.8. The molecule has 2 aliphatic rings. The van der Waals surface area contributed by atoms with Crippen LogP contribution in [0.15, 0.2) is 34.9 Å². The summed E-state index contributed by atoms with van der Waals surface area (Å²) in [5.74, 6) is 1.43. The lowest BCUT2D eigenvalue weighted by Crippen LogP contribution is -2.42. The van der Waals surface area contributed by atoms with Crippen LogP contribution < -0.4 is 0 Å². The summed E-state index contributed by atoms with van der Waals surface area (Å²) in [7, 11) is 0. The normalized spacial score (nSPS) is 19.5. The number of hydrogen-bond donors (Lipinski definition) is 0. The average molecular weight is 402 g/mol. The molecular formula is C22H28ClN3O2. The molecule has 1 amide bonds. The molecule has 0 spiro atoms. The maximum atomic E-state index is 12.8. The quantitative estimate of drug-likeness (QED) is 0.750. The van der Waals surface area contributed by atoms with Gasteiger partial charge in [0.15, 0.2) is 5.76 Å². The standard InChI is InChI=1S/C22H28ClN3O2/c23-19-7-5-17(6-8-19)21-15-20(28-24-21)16-25-13-9-18(10-14-25)22(27)26-11-3-1-2-4-12-26/h5-8,15,18H,1-4,9-14,16H2. The molecule has 28 heavy (non-hydrogen) atoms. The molecular weight excluding hydrogens is 374 g/mol. The van der Waals surface area contributed by atoms with Crippen molar-refractivity contribution in [3.05, 3.63) is 41.1 Å². The molecule has 0 aliphatic carbocycles. The van der Waals surface area contributed by atoms with Crippen LogP contribution in [0.1, 0.15) is 44.3 Å². The van der Waals surface area contributed by atoms with E-state index in [0.717, 1.165) is 75.4 Å². The third kappa shape index (κ3) is 4.76. The molecule has 3 heterocycles. The van der Waals surface area contributed by atoms with Crippen LogP contribution in [-0.4, -0.2) is 47.0 Å². The first kappa shape index (κ1) is 19.5. The summed E-state index contributed by atoms with van der Waals surface area (Å²) in [5, 5.41) is 4.90. The van der Waals surface area contributed by atoms with Crippen LogP contribution >= 0.6 is 11.6 Å². The van der Waals surface area contributed by atoms with E-state index in [1.54, 1.807) is 0 Å². The van der Waals surface area contributed by atoms with Gasteiger partial charge < -0.3 is 9.42 Å². The van der Waals surface area contributed by atoms with Crippen molar-refractivity contribution in [1.82, 2.24) is 15.0 Å². The van der Waals surface area contributed by atoms with Gasteiger partial charge in [0, 0.05) is 35.7 Å². The lowest BCUT2D eigenvalue weighted by Gasteiger charge is -2.33. The van der Waals surface area contributed by atoms with Gasteiger partial charge in [-0.05, 0) is 50.9 Å². The van der Waals surface area contributed by atoms with Gasteiger partial charge in [-0.3, -0.25) is 9.69 Å². The van der Waals surface area contributed by atoms with Gasteiger partial charge in [0.2, 0.25) is 5.91 Å². The van der Waals surface area contributed by atoms with Crippen molar-refractivity contribution >= 4 is 17.5 Å². The lowest BCUT2D eigenvalue weighted by atomic mass is 9.95. The zero-order chi connectivity index (χ0) is 19.3. The van der Waals surface area contributed by atoms with Gasteiger partial charge in [0.05, 0.1) is 6.54 Å². The van der Waals surface area contributed by atoms with Crippen molar-refractivity contribution < 1.29 is 9.32 Å². The van der Waals surface area contributed by atoms with E-state index in [1.165, 1.54) is 12.8 Å². The molecule has 2 saturated heterocycles. The second kappa shape index (κ2) is 9.10. The van der Waals surface area contributed by atoms with Crippen molar-refractivity contribution in [2.75, 3.05) is 26.2 Å². The molecule has 2 aliphatic heterocycles. The smallest absolute Gasteiger partial charge is 0.225 e. The maximum Gasteiger partial charge on any atom is 0.225 e. The summed E-state index contributed by atoms with van der Waals surface area (Å²) in [6, 6.07) is 9.61. The van der Waals surface area contributed by atoms with Crippen molar-refractivity contribution in [3.63, 3.8) is 0 Å². The third-order valence-electron chi connectivity index (χ3n) is 5.93. The minimum absolute atomic E-state index is 0.189. The zero-order valence-electron chi connectivity index (χ0n) is 16.3. The second-order valence-electron chi connectivity index (χ2n) is 7.98. The Morgan fingerprint density at radius 3 is 2.39 bits per heavy atom. The number of aromatic nitrogens is 1. The molecule has 0 radical (unpaired) electrons. The fraction of sp³-hybridized carbons (Fsp3) is 0.545. The molecule has 1 aromatic heterocycles. The zero-order valence-corrected chi connectivity index (χ0v) is 17.0. The number of piperidine rings is 1. The monoisotopic (exact) mass is 401 g/mol. The van der Waals surface area contributed by atoms with Crippen LogP contribution in [0, 0.1) is 5.92 Å². The van der Waals surface area contributed by atoms with Crippen LogP contribution in [-0.2, 0) is 11.3 Å². The van der Waals surface area contributed by atoms with Crippen molar-refractivity contribution in [2.45, 2.75) is 45.1 Å². The largest absolute Gasteiger partial charge is 0.359 e. The summed E-state index contributed by atoms with van der Waals surface area (Å²) in [5.41, 5.74) is 1.83. The Morgan fingerprint density at radius 1 is 1.04 bits per heavy atom. The first-order valence-corrected chi connectivity index (χ1v) is 10.8. The van der Waals surface area contributed by atoms with E-state index in [1.807, 2.05) is 30.3 Å². The molecule has 1 aromatic carbocycles. The predicted octanol–water partition coefficient (Wildman–Crippen LogP) is 4.61. The molecule has 4 rings (SSSR count). The molecule has 0 bridgehead atoms. The van der Waals surface area contributed by atoms with E-state index >= 15 is 0 Å². The van der Waals surface area contributed by atoms with Crippen LogP contribution in [0.3, 0.4) is 0 Å². The molecule has 6 heteroatoms. The second-order valence-corrected chi connectivity index (χ2v) is 8.41. The fourth-order valence-electron chi connectivity index (χ4n) is 4.25.